The van der Waals surface area contributed by atoms with Crippen LogP contribution in [-0.4, -0.2) is 26.8 Å². The summed E-state index contributed by atoms with van der Waals surface area (Å²) in [5, 5.41) is 3.47. The van der Waals surface area contributed by atoms with Gasteiger partial charge in [0, 0.05) is 25.1 Å². The molecule has 0 saturated heterocycles. The molecule has 0 saturated carbocycles. The van der Waals surface area contributed by atoms with Crippen LogP contribution in [0.1, 0.15) is 25.1 Å². The maximum absolute atomic E-state index is 5.05. The number of hydrogen-bond acceptors (Lipinski definition) is 3. The van der Waals surface area contributed by atoms with Gasteiger partial charge in [0.25, 0.3) is 0 Å². The zero-order valence-corrected chi connectivity index (χ0v) is 13.3. The van der Waals surface area contributed by atoms with Crippen molar-refractivity contribution in [2.75, 3.05) is 26.8 Å². The van der Waals surface area contributed by atoms with Crippen LogP contribution >= 0.6 is 27.3 Å². The lowest BCUT2D eigenvalue weighted by molar-refractivity contribution is 0.191. The number of halogens is 1. The van der Waals surface area contributed by atoms with Gasteiger partial charge in [0.2, 0.25) is 0 Å². The van der Waals surface area contributed by atoms with Crippen LogP contribution in [0.5, 0.6) is 0 Å². The number of methoxy groups -OCH3 is 1. The Labute approximate surface area is 117 Å². The molecule has 1 N–H and O–H groups in total. The van der Waals surface area contributed by atoms with Crippen molar-refractivity contribution in [3.05, 3.63) is 20.8 Å². The average molecular weight is 320 g/mol. The first-order valence-electron chi connectivity index (χ1n) is 6.03. The first kappa shape index (κ1) is 15.2. The quantitative estimate of drug-likeness (QED) is 0.737. The molecule has 0 bridgehead atoms. The molecule has 17 heavy (non-hydrogen) atoms. The second-order valence-corrected chi connectivity index (χ2v) is 7.26. The molecule has 1 rings (SSSR count). The van der Waals surface area contributed by atoms with Crippen LogP contribution in [0, 0.1) is 5.41 Å². The van der Waals surface area contributed by atoms with E-state index in [-0.39, 0.29) is 0 Å². The Kier molecular flexibility index (Phi) is 6.70. The van der Waals surface area contributed by atoms with E-state index >= 15 is 0 Å². The van der Waals surface area contributed by atoms with E-state index in [1.54, 1.807) is 7.11 Å². The van der Waals surface area contributed by atoms with Crippen molar-refractivity contribution in [1.82, 2.24) is 5.32 Å². The van der Waals surface area contributed by atoms with Crippen molar-refractivity contribution in [3.63, 3.8) is 0 Å². The van der Waals surface area contributed by atoms with Crippen molar-refractivity contribution in [2.24, 2.45) is 5.41 Å². The lowest BCUT2D eigenvalue weighted by Crippen LogP contribution is -2.34. The number of hydrogen-bond donors (Lipinski definition) is 1. The van der Waals surface area contributed by atoms with Crippen molar-refractivity contribution >= 4 is 27.3 Å². The normalized spacial score (nSPS) is 14.8. The molecular weight excluding hydrogens is 298 g/mol. The Bertz CT molecular complexity index is 329. The van der Waals surface area contributed by atoms with E-state index in [2.05, 4.69) is 47.2 Å². The maximum Gasteiger partial charge on any atom is 0.0701 e. The fourth-order valence-electron chi connectivity index (χ4n) is 1.74. The molecule has 0 radical (unpaired) electrons. The van der Waals surface area contributed by atoms with Gasteiger partial charge in [-0.1, -0.05) is 13.8 Å². The lowest BCUT2D eigenvalue weighted by Gasteiger charge is -2.28. The molecule has 0 fully saturated rings. The van der Waals surface area contributed by atoms with Gasteiger partial charge in [-0.3, -0.25) is 0 Å². The van der Waals surface area contributed by atoms with Crippen molar-refractivity contribution in [2.45, 2.75) is 26.7 Å². The zero-order valence-electron chi connectivity index (χ0n) is 10.9. The van der Waals surface area contributed by atoms with Crippen LogP contribution in [0.15, 0.2) is 15.9 Å². The Morgan fingerprint density at radius 2 is 2.24 bits per heavy atom. The van der Waals surface area contributed by atoms with Crippen LogP contribution < -0.4 is 5.32 Å². The predicted octanol–water partition coefficient (Wildman–Crippen LogP) is 3.71. The number of ether oxygens (including phenoxy) is 1. The van der Waals surface area contributed by atoms with E-state index in [1.165, 1.54) is 15.1 Å². The van der Waals surface area contributed by atoms with Gasteiger partial charge in [-0.2, -0.15) is 0 Å². The highest BCUT2D eigenvalue weighted by molar-refractivity contribution is 9.11. The topological polar surface area (TPSA) is 21.3 Å². The molecule has 0 amide bonds. The van der Waals surface area contributed by atoms with Crippen molar-refractivity contribution < 1.29 is 4.74 Å². The standard InChI is InChI=1S/C13H22BrNOS/c1-4-13(2,10-15-7-8-16-3)9-11-5-6-12(14)17-11/h5-6,15H,4,7-10H2,1-3H3. The van der Waals surface area contributed by atoms with E-state index in [0.717, 1.165) is 26.1 Å². The van der Waals surface area contributed by atoms with E-state index in [0.29, 0.717) is 5.41 Å². The summed E-state index contributed by atoms with van der Waals surface area (Å²) in [5.74, 6) is 0. The molecule has 0 aliphatic carbocycles. The summed E-state index contributed by atoms with van der Waals surface area (Å²) in [6.45, 7) is 7.37. The Morgan fingerprint density at radius 3 is 2.76 bits per heavy atom. The second kappa shape index (κ2) is 7.52. The number of thiophene rings is 1. The lowest BCUT2D eigenvalue weighted by atomic mass is 9.83. The average Bonchev–Trinajstić information content (AvgIpc) is 2.70. The molecule has 0 aliphatic rings. The first-order valence-corrected chi connectivity index (χ1v) is 7.64. The second-order valence-electron chi connectivity index (χ2n) is 4.72. The van der Waals surface area contributed by atoms with Crippen LogP contribution in [0.4, 0.5) is 0 Å². The van der Waals surface area contributed by atoms with Gasteiger partial charge in [0.05, 0.1) is 10.4 Å². The smallest absolute Gasteiger partial charge is 0.0701 e. The SMILES string of the molecule is CCC(C)(CNCCOC)Cc1ccc(Br)s1. The predicted molar refractivity (Wildman–Crippen MR) is 78.9 cm³/mol. The molecule has 1 aromatic heterocycles. The molecule has 98 valence electrons. The Hall–Kier alpha value is 0.1000. The summed E-state index contributed by atoms with van der Waals surface area (Å²) >= 11 is 5.36. The fraction of sp³-hybridized carbons (Fsp3) is 0.692. The monoisotopic (exact) mass is 319 g/mol. The molecule has 1 atom stereocenters. The Balaban J connectivity index is 2.44. The highest BCUT2D eigenvalue weighted by Gasteiger charge is 2.22. The fourth-order valence-corrected chi connectivity index (χ4v) is 3.44. The summed E-state index contributed by atoms with van der Waals surface area (Å²) in [5.41, 5.74) is 0.331. The molecule has 1 heterocycles. The van der Waals surface area contributed by atoms with Crippen molar-refractivity contribution in [3.8, 4) is 0 Å². The molecule has 2 nitrogen and oxygen atoms in total. The van der Waals surface area contributed by atoms with Gasteiger partial charge in [-0.15, -0.1) is 11.3 Å². The van der Waals surface area contributed by atoms with Gasteiger partial charge in [0.1, 0.15) is 0 Å². The highest BCUT2D eigenvalue weighted by Crippen LogP contribution is 2.31. The third-order valence-corrected chi connectivity index (χ3v) is 4.74. The van der Waals surface area contributed by atoms with Gasteiger partial charge >= 0.3 is 0 Å². The molecule has 1 unspecified atom stereocenters. The third kappa shape index (κ3) is 5.51. The summed E-state index contributed by atoms with van der Waals surface area (Å²) < 4.78 is 6.27. The molecule has 4 heteroatoms. The third-order valence-electron chi connectivity index (χ3n) is 3.12. The minimum absolute atomic E-state index is 0.331. The summed E-state index contributed by atoms with van der Waals surface area (Å²) in [4.78, 5) is 1.45. The van der Waals surface area contributed by atoms with E-state index < -0.39 is 0 Å². The molecule has 0 aromatic carbocycles. The van der Waals surface area contributed by atoms with E-state index in [4.69, 9.17) is 4.74 Å². The largest absolute Gasteiger partial charge is 0.383 e. The van der Waals surface area contributed by atoms with Crippen LogP contribution in [0.2, 0.25) is 0 Å². The molecule has 0 spiro atoms. The zero-order chi connectivity index (χ0) is 12.7. The maximum atomic E-state index is 5.05. The summed E-state index contributed by atoms with van der Waals surface area (Å²) in [6, 6.07) is 4.35. The minimum atomic E-state index is 0.331. The highest BCUT2D eigenvalue weighted by atomic mass is 79.9. The molecule has 0 aliphatic heterocycles. The van der Waals surface area contributed by atoms with Gasteiger partial charge < -0.3 is 10.1 Å². The van der Waals surface area contributed by atoms with E-state index in [9.17, 15) is 0 Å². The van der Waals surface area contributed by atoms with E-state index in [1.807, 2.05) is 11.3 Å². The van der Waals surface area contributed by atoms with Crippen LogP contribution in [0.25, 0.3) is 0 Å². The minimum Gasteiger partial charge on any atom is -0.383 e. The molecular formula is C13H22BrNOS. The summed E-state index contributed by atoms with van der Waals surface area (Å²) in [7, 11) is 1.74. The van der Waals surface area contributed by atoms with Crippen LogP contribution in [-0.2, 0) is 11.2 Å². The van der Waals surface area contributed by atoms with Crippen molar-refractivity contribution in [1.29, 1.82) is 0 Å². The van der Waals surface area contributed by atoms with Gasteiger partial charge in [-0.25, -0.2) is 0 Å². The molecule has 1 aromatic rings. The van der Waals surface area contributed by atoms with Crippen LogP contribution in [0.3, 0.4) is 0 Å². The van der Waals surface area contributed by atoms with Gasteiger partial charge in [-0.05, 0) is 46.3 Å². The number of nitrogens with one attached hydrogen (secondary N) is 1. The summed E-state index contributed by atoms with van der Waals surface area (Å²) in [6.07, 6.45) is 2.32. The Morgan fingerprint density at radius 1 is 1.47 bits per heavy atom. The van der Waals surface area contributed by atoms with Gasteiger partial charge in [0.15, 0.2) is 0 Å². The first-order chi connectivity index (χ1) is 8.09. The number of rotatable bonds is 8.